The molecule has 0 aliphatic carbocycles. The summed E-state index contributed by atoms with van der Waals surface area (Å²) >= 11 is 0. The van der Waals surface area contributed by atoms with E-state index in [1.165, 1.54) is 32.1 Å². The Balaban J connectivity index is 4.02. The van der Waals surface area contributed by atoms with Crippen molar-refractivity contribution in [3.63, 3.8) is 0 Å². The summed E-state index contributed by atoms with van der Waals surface area (Å²) in [6.45, 7) is 3.94. The van der Waals surface area contributed by atoms with E-state index in [2.05, 4.69) is 11.7 Å². The lowest BCUT2D eigenvalue weighted by Crippen LogP contribution is -2.46. The molecule has 0 saturated carbocycles. The summed E-state index contributed by atoms with van der Waals surface area (Å²) < 4.78 is 67.0. The van der Waals surface area contributed by atoms with Gasteiger partial charge in [0.05, 0.1) is 0 Å². The quantitative estimate of drug-likeness (QED) is 0.168. The fourth-order valence-corrected chi connectivity index (χ4v) is 2.78. The van der Waals surface area contributed by atoms with E-state index in [1.54, 1.807) is 6.92 Å². The van der Waals surface area contributed by atoms with Crippen molar-refractivity contribution in [2.24, 2.45) is 0 Å². The maximum absolute atomic E-state index is 13.0. The Labute approximate surface area is 153 Å². The van der Waals surface area contributed by atoms with E-state index in [4.69, 9.17) is 0 Å². The van der Waals surface area contributed by atoms with Crippen LogP contribution >= 0.6 is 0 Å². The van der Waals surface area contributed by atoms with Crippen molar-refractivity contribution in [2.75, 3.05) is 0 Å². The highest BCUT2D eigenvalue weighted by Gasteiger charge is 2.65. The minimum atomic E-state index is -5.92. The van der Waals surface area contributed by atoms with Gasteiger partial charge >= 0.3 is 18.1 Å². The number of rotatable bonds is 15. The molecule has 0 saturated heterocycles. The highest BCUT2D eigenvalue weighted by Crippen LogP contribution is 2.37. The molecular formula is C19H33F5O2. The predicted molar refractivity (Wildman–Crippen MR) is 92.3 cm³/mol. The van der Waals surface area contributed by atoms with Crippen LogP contribution in [0.5, 0.6) is 0 Å². The zero-order chi connectivity index (χ0) is 20.1. The first-order valence-corrected chi connectivity index (χ1v) is 9.82. The van der Waals surface area contributed by atoms with Crippen molar-refractivity contribution in [1.29, 1.82) is 0 Å². The number of hydrogen-bond acceptors (Lipinski definition) is 2. The van der Waals surface area contributed by atoms with Crippen LogP contribution in [0.1, 0.15) is 97.3 Å². The third-order valence-corrected chi connectivity index (χ3v) is 4.38. The van der Waals surface area contributed by atoms with Crippen LogP contribution in [0.4, 0.5) is 22.0 Å². The lowest BCUT2D eigenvalue weighted by Gasteiger charge is -2.22. The van der Waals surface area contributed by atoms with Crippen LogP contribution < -0.4 is 0 Å². The van der Waals surface area contributed by atoms with Gasteiger partial charge in [0.2, 0.25) is 0 Å². The molecule has 0 amide bonds. The van der Waals surface area contributed by atoms with Crippen LogP contribution in [-0.2, 0) is 9.53 Å². The lowest BCUT2D eigenvalue weighted by molar-refractivity contribution is -0.282. The van der Waals surface area contributed by atoms with Crippen molar-refractivity contribution in [3.05, 3.63) is 0 Å². The van der Waals surface area contributed by atoms with Crippen LogP contribution in [-0.4, -0.2) is 24.2 Å². The zero-order valence-electron chi connectivity index (χ0n) is 16.0. The van der Waals surface area contributed by atoms with E-state index in [-0.39, 0.29) is 6.42 Å². The van der Waals surface area contributed by atoms with Crippen LogP contribution in [0.3, 0.4) is 0 Å². The number of ether oxygens (including phenoxy) is 1. The lowest BCUT2D eigenvalue weighted by atomic mass is 10.0. The van der Waals surface area contributed by atoms with Crippen molar-refractivity contribution < 1.29 is 31.5 Å². The molecule has 26 heavy (non-hydrogen) atoms. The molecule has 0 fully saturated rings. The highest BCUT2D eigenvalue weighted by molar-refractivity contribution is 5.78. The fraction of sp³-hybridized carbons (Fsp3) is 0.947. The molecule has 0 N–H and O–H groups in total. The van der Waals surface area contributed by atoms with Crippen LogP contribution in [0.2, 0.25) is 0 Å². The minimum Gasteiger partial charge on any atom is -0.458 e. The third kappa shape index (κ3) is 10.3. The first kappa shape index (κ1) is 25.1. The maximum atomic E-state index is 13.0. The molecule has 0 aromatic carbocycles. The molecule has 1 unspecified atom stereocenters. The Morgan fingerprint density at radius 2 is 1.19 bits per heavy atom. The molecule has 0 heterocycles. The Kier molecular flexibility index (Phi) is 12.9. The molecule has 0 radical (unpaired) electrons. The van der Waals surface area contributed by atoms with Crippen molar-refractivity contribution in [2.45, 2.75) is 116 Å². The van der Waals surface area contributed by atoms with Gasteiger partial charge < -0.3 is 4.74 Å². The summed E-state index contributed by atoms with van der Waals surface area (Å²) in [5.74, 6) is -7.94. The average molecular weight is 388 g/mol. The summed E-state index contributed by atoms with van der Waals surface area (Å²) in [6, 6.07) is 0. The molecule has 0 aromatic heterocycles. The second-order valence-electron chi connectivity index (χ2n) is 6.86. The first-order valence-electron chi connectivity index (χ1n) is 9.82. The van der Waals surface area contributed by atoms with E-state index >= 15 is 0 Å². The van der Waals surface area contributed by atoms with E-state index in [0.717, 1.165) is 25.7 Å². The Morgan fingerprint density at radius 1 is 0.731 bits per heavy atom. The fourth-order valence-electron chi connectivity index (χ4n) is 2.78. The Morgan fingerprint density at radius 3 is 1.62 bits per heavy atom. The second kappa shape index (κ2) is 13.3. The molecule has 0 aromatic rings. The Hall–Kier alpha value is -0.880. The summed E-state index contributed by atoms with van der Waals surface area (Å²) in [5, 5.41) is 0. The number of unbranched alkanes of at least 4 members (excludes halogenated alkanes) is 9. The summed E-state index contributed by atoms with van der Waals surface area (Å²) in [4.78, 5) is 11.2. The number of hydrogen-bond donors (Lipinski definition) is 0. The molecule has 2 nitrogen and oxygen atoms in total. The highest BCUT2D eigenvalue weighted by atomic mass is 19.4. The van der Waals surface area contributed by atoms with Gasteiger partial charge in [-0.15, -0.1) is 0 Å². The van der Waals surface area contributed by atoms with Gasteiger partial charge in [-0.1, -0.05) is 78.1 Å². The molecule has 0 rings (SSSR count). The standard InChI is InChI=1S/C19H33F5O2/c1-3-5-6-7-8-9-10-11-12-13-15-16(14-4-2)26-17(25)18(20,21)19(22,23)24/h16H,3-15H2,1-2H3. The topological polar surface area (TPSA) is 26.3 Å². The van der Waals surface area contributed by atoms with E-state index in [0.29, 0.717) is 19.3 Å². The zero-order valence-corrected chi connectivity index (χ0v) is 16.0. The first-order chi connectivity index (χ1) is 12.2. The average Bonchev–Trinajstić information content (AvgIpc) is 2.55. The number of carbonyl (C=O) groups is 1. The molecule has 0 bridgehead atoms. The number of halogens is 5. The van der Waals surface area contributed by atoms with Crippen LogP contribution in [0, 0.1) is 0 Å². The summed E-state index contributed by atoms with van der Waals surface area (Å²) in [6.07, 6.45) is 5.35. The van der Waals surface area contributed by atoms with Crippen LogP contribution in [0.15, 0.2) is 0 Å². The van der Waals surface area contributed by atoms with Gasteiger partial charge in [-0.3, -0.25) is 0 Å². The van der Waals surface area contributed by atoms with Crippen molar-refractivity contribution in [1.82, 2.24) is 0 Å². The van der Waals surface area contributed by atoms with E-state index in [9.17, 15) is 26.7 Å². The molecule has 7 heteroatoms. The second-order valence-corrected chi connectivity index (χ2v) is 6.86. The van der Waals surface area contributed by atoms with E-state index < -0.39 is 24.2 Å². The van der Waals surface area contributed by atoms with Gasteiger partial charge in [0.1, 0.15) is 6.10 Å². The molecule has 0 spiro atoms. The molecular weight excluding hydrogens is 355 g/mol. The largest absolute Gasteiger partial charge is 0.465 e. The third-order valence-electron chi connectivity index (χ3n) is 4.38. The van der Waals surface area contributed by atoms with Crippen molar-refractivity contribution >= 4 is 5.97 Å². The SMILES string of the molecule is CCCCCCCCCCCCC(CCC)OC(=O)C(F)(F)C(F)(F)F. The predicted octanol–water partition coefficient (Wildman–Crippen LogP) is 7.21. The van der Waals surface area contributed by atoms with Gasteiger partial charge in [-0.05, 0) is 19.3 Å². The van der Waals surface area contributed by atoms with Gasteiger partial charge in [0, 0.05) is 0 Å². The Bertz CT molecular complexity index is 369. The van der Waals surface area contributed by atoms with Crippen LogP contribution in [0.25, 0.3) is 0 Å². The summed E-state index contributed by atoms with van der Waals surface area (Å²) in [7, 11) is 0. The number of carbonyl (C=O) groups excluding carboxylic acids is 1. The number of alkyl halides is 5. The van der Waals surface area contributed by atoms with Gasteiger partial charge in [-0.25, -0.2) is 4.79 Å². The maximum Gasteiger partial charge on any atom is 0.465 e. The molecule has 1 atom stereocenters. The van der Waals surface area contributed by atoms with E-state index in [1.807, 2.05) is 0 Å². The smallest absolute Gasteiger partial charge is 0.458 e. The van der Waals surface area contributed by atoms with Gasteiger partial charge in [0.15, 0.2) is 0 Å². The monoisotopic (exact) mass is 388 g/mol. The molecule has 0 aliphatic heterocycles. The number of esters is 1. The minimum absolute atomic E-state index is 0.289. The van der Waals surface area contributed by atoms with Gasteiger partial charge in [0.25, 0.3) is 0 Å². The summed E-state index contributed by atoms with van der Waals surface area (Å²) in [5.41, 5.74) is 0. The normalized spacial score (nSPS) is 13.7. The molecule has 0 aliphatic rings. The van der Waals surface area contributed by atoms with Crippen molar-refractivity contribution in [3.8, 4) is 0 Å². The van der Waals surface area contributed by atoms with Gasteiger partial charge in [-0.2, -0.15) is 22.0 Å². The molecule has 156 valence electrons.